The van der Waals surface area contributed by atoms with Gasteiger partial charge >= 0.3 is 0 Å². The zero-order valence-electron chi connectivity index (χ0n) is 9.85. The molecule has 3 heteroatoms. The maximum Gasteiger partial charge on any atom is 0.150 e. The number of aryl methyl sites for hydroxylation is 1. The van der Waals surface area contributed by atoms with Crippen molar-refractivity contribution in [3.8, 4) is 0 Å². The summed E-state index contributed by atoms with van der Waals surface area (Å²) in [6.07, 6.45) is 4.33. The van der Waals surface area contributed by atoms with Gasteiger partial charge in [-0.15, -0.1) is 0 Å². The maximum absolute atomic E-state index is 10.9. The molecule has 0 aliphatic heterocycles. The van der Waals surface area contributed by atoms with Gasteiger partial charge in [-0.3, -0.25) is 4.79 Å². The molecule has 0 N–H and O–H groups in total. The van der Waals surface area contributed by atoms with Gasteiger partial charge in [0.25, 0.3) is 0 Å². The molecule has 0 fully saturated rings. The summed E-state index contributed by atoms with van der Waals surface area (Å²) in [7, 11) is 0. The fourth-order valence-electron chi connectivity index (χ4n) is 1.99. The number of rotatable bonds is 5. The number of aldehydes is 1. The quantitative estimate of drug-likeness (QED) is 0.739. The molecule has 0 aliphatic carbocycles. The molecule has 1 heterocycles. The Kier molecular flexibility index (Phi) is 3.38. The second kappa shape index (κ2) is 4.95. The average Bonchev–Trinajstić information content (AvgIpc) is 2.71. The molecule has 0 radical (unpaired) electrons. The van der Waals surface area contributed by atoms with Crippen molar-refractivity contribution in [1.82, 2.24) is 4.57 Å². The Morgan fingerprint density at radius 1 is 1.35 bits per heavy atom. The van der Waals surface area contributed by atoms with Crippen molar-refractivity contribution in [2.45, 2.75) is 26.3 Å². The van der Waals surface area contributed by atoms with Crippen LogP contribution in [0.4, 0.5) is 0 Å². The highest BCUT2D eigenvalue weighted by molar-refractivity contribution is 5.87. The minimum absolute atomic E-state index is 0.227. The van der Waals surface area contributed by atoms with Crippen LogP contribution in [-0.4, -0.2) is 16.6 Å². The lowest BCUT2D eigenvalue weighted by Gasteiger charge is -2.04. The van der Waals surface area contributed by atoms with Crippen LogP contribution in [0.1, 0.15) is 30.1 Å². The minimum atomic E-state index is 0.227. The van der Waals surface area contributed by atoms with Gasteiger partial charge < -0.3 is 9.36 Å². The van der Waals surface area contributed by atoms with Gasteiger partial charge in [0, 0.05) is 35.6 Å². The zero-order chi connectivity index (χ0) is 12.3. The van der Waals surface area contributed by atoms with Gasteiger partial charge in [-0.25, -0.2) is 0 Å². The molecule has 1 aromatic heterocycles. The number of nitrogens with zero attached hydrogens (tertiary/aromatic N) is 1. The van der Waals surface area contributed by atoms with Gasteiger partial charge in [-0.05, 0) is 37.6 Å². The van der Waals surface area contributed by atoms with E-state index in [1.165, 1.54) is 0 Å². The molecule has 88 valence electrons. The summed E-state index contributed by atoms with van der Waals surface area (Å²) in [5, 5.41) is 1.07. The number of carbonyl (C=O) groups is 2. The number of Topliss-reactive ketones (excluding diaryl/α,β-unsaturated/α-hetero) is 1. The summed E-state index contributed by atoms with van der Waals surface area (Å²) in [5.74, 6) is 0.227. The predicted molar refractivity (Wildman–Crippen MR) is 67.2 cm³/mol. The molecule has 0 saturated carbocycles. The Morgan fingerprint density at radius 3 is 2.88 bits per heavy atom. The van der Waals surface area contributed by atoms with E-state index in [0.717, 1.165) is 30.2 Å². The number of hydrogen-bond donors (Lipinski definition) is 0. The summed E-state index contributed by atoms with van der Waals surface area (Å²) < 4.78 is 2.12. The summed E-state index contributed by atoms with van der Waals surface area (Å²) in [5.41, 5.74) is 1.80. The first-order valence-corrected chi connectivity index (χ1v) is 5.74. The average molecular weight is 229 g/mol. The molecule has 2 aromatic rings. The number of aromatic nitrogens is 1. The first-order valence-electron chi connectivity index (χ1n) is 5.74. The van der Waals surface area contributed by atoms with E-state index in [1.54, 1.807) is 6.92 Å². The predicted octanol–water partition coefficient (Wildman–Crippen LogP) is 2.82. The van der Waals surface area contributed by atoms with Crippen LogP contribution in [0.3, 0.4) is 0 Å². The largest absolute Gasteiger partial charge is 0.347 e. The van der Waals surface area contributed by atoms with Gasteiger partial charge in [0.1, 0.15) is 12.1 Å². The number of fused-ring (bicyclic) bond motifs is 1. The van der Waals surface area contributed by atoms with Gasteiger partial charge in [-0.1, -0.05) is 0 Å². The fraction of sp³-hybridized carbons (Fsp3) is 0.286. The smallest absolute Gasteiger partial charge is 0.150 e. The molecule has 0 amide bonds. The third kappa shape index (κ3) is 2.61. The van der Waals surface area contributed by atoms with Crippen LogP contribution in [0.2, 0.25) is 0 Å². The second-order valence-corrected chi connectivity index (χ2v) is 4.25. The van der Waals surface area contributed by atoms with Crippen LogP contribution in [0.25, 0.3) is 10.9 Å². The highest BCUT2D eigenvalue weighted by atomic mass is 16.1. The van der Waals surface area contributed by atoms with E-state index in [1.807, 2.05) is 30.5 Å². The van der Waals surface area contributed by atoms with E-state index in [-0.39, 0.29) is 5.78 Å². The van der Waals surface area contributed by atoms with Crippen LogP contribution in [0.15, 0.2) is 30.5 Å². The Morgan fingerprint density at radius 2 is 2.18 bits per heavy atom. The Labute approximate surface area is 100 Å². The van der Waals surface area contributed by atoms with Crippen LogP contribution in [0.5, 0.6) is 0 Å². The van der Waals surface area contributed by atoms with E-state index in [0.29, 0.717) is 12.0 Å². The topological polar surface area (TPSA) is 39.1 Å². The highest BCUT2D eigenvalue weighted by Crippen LogP contribution is 2.17. The summed E-state index contributed by atoms with van der Waals surface area (Å²) in [6, 6.07) is 7.64. The van der Waals surface area contributed by atoms with Crippen molar-refractivity contribution in [3.63, 3.8) is 0 Å². The lowest BCUT2D eigenvalue weighted by molar-refractivity contribution is -0.117. The van der Waals surface area contributed by atoms with Gasteiger partial charge in [0.05, 0.1) is 0 Å². The number of carbonyl (C=O) groups excluding carboxylic acids is 2. The molecule has 17 heavy (non-hydrogen) atoms. The van der Waals surface area contributed by atoms with Crippen molar-refractivity contribution in [2.75, 3.05) is 0 Å². The third-order valence-corrected chi connectivity index (χ3v) is 2.86. The number of hydrogen-bond acceptors (Lipinski definition) is 2. The molecule has 0 bridgehead atoms. The van der Waals surface area contributed by atoms with E-state index in [9.17, 15) is 9.59 Å². The summed E-state index contributed by atoms with van der Waals surface area (Å²) >= 11 is 0. The molecular weight excluding hydrogens is 214 g/mol. The van der Waals surface area contributed by atoms with Crippen molar-refractivity contribution >= 4 is 23.0 Å². The summed E-state index contributed by atoms with van der Waals surface area (Å²) in [4.78, 5) is 21.5. The molecule has 0 unspecified atom stereocenters. The third-order valence-electron chi connectivity index (χ3n) is 2.86. The zero-order valence-corrected chi connectivity index (χ0v) is 9.85. The van der Waals surface area contributed by atoms with E-state index in [2.05, 4.69) is 4.57 Å². The lowest BCUT2D eigenvalue weighted by Crippen LogP contribution is -1.99. The van der Waals surface area contributed by atoms with Crippen molar-refractivity contribution in [2.24, 2.45) is 0 Å². The Bertz CT molecular complexity index is 554. The number of ketones is 1. The van der Waals surface area contributed by atoms with Crippen LogP contribution < -0.4 is 0 Å². The van der Waals surface area contributed by atoms with E-state index < -0.39 is 0 Å². The normalized spacial score (nSPS) is 10.6. The molecule has 0 spiro atoms. The fourth-order valence-corrected chi connectivity index (χ4v) is 1.99. The summed E-state index contributed by atoms with van der Waals surface area (Å²) in [6.45, 7) is 2.45. The van der Waals surface area contributed by atoms with Crippen molar-refractivity contribution in [1.29, 1.82) is 0 Å². The first kappa shape index (κ1) is 11.6. The highest BCUT2D eigenvalue weighted by Gasteiger charge is 2.02. The maximum atomic E-state index is 10.9. The van der Waals surface area contributed by atoms with Crippen LogP contribution in [-0.2, 0) is 11.3 Å². The van der Waals surface area contributed by atoms with Gasteiger partial charge in [0.2, 0.25) is 0 Å². The molecule has 1 aromatic carbocycles. The molecule has 2 rings (SSSR count). The van der Waals surface area contributed by atoms with Gasteiger partial charge in [-0.2, -0.15) is 0 Å². The van der Waals surface area contributed by atoms with Crippen LogP contribution >= 0.6 is 0 Å². The lowest BCUT2D eigenvalue weighted by atomic mass is 10.2. The Hall–Kier alpha value is -1.90. The SMILES string of the molecule is CC(=O)CCCn1ccc2cc(C=O)ccc21. The monoisotopic (exact) mass is 229 g/mol. The van der Waals surface area contributed by atoms with Gasteiger partial charge in [0.15, 0.2) is 0 Å². The standard InChI is InChI=1S/C14H15NO2/c1-11(17)3-2-7-15-8-6-13-9-12(10-16)4-5-14(13)15/h4-6,8-10H,2-3,7H2,1H3. The Balaban J connectivity index is 2.18. The molecular formula is C14H15NO2. The molecule has 0 atom stereocenters. The minimum Gasteiger partial charge on any atom is -0.347 e. The van der Waals surface area contributed by atoms with Crippen molar-refractivity contribution in [3.05, 3.63) is 36.0 Å². The molecule has 0 aliphatic rings. The van der Waals surface area contributed by atoms with Crippen molar-refractivity contribution < 1.29 is 9.59 Å². The first-order chi connectivity index (χ1) is 8.20. The van der Waals surface area contributed by atoms with E-state index in [4.69, 9.17) is 0 Å². The molecule has 3 nitrogen and oxygen atoms in total. The second-order valence-electron chi connectivity index (χ2n) is 4.25. The van der Waals surface area contributed by atoms with Crippen LogP contribution in [0, 0.1) is 0 Å². The number of benzene rings is 1. The molecule has 0 saturated heterocycles. The van der Waals surface area contributed by atoms with E-state index >= 15 is 0 Å².